The van der Waals surface area contributed by atoms with Crippen LogP contribution in [-0.2, 0) is 12.7 Å². The lowest BCUT2D eigenvalue weighted by Crippen LogP contribution is -2.20. The molecule has 0 bridgehead atoms. The van der Waals surface area contributed by atoms with Crippen molar-refractivity contribution in [1.82, 2.24) is 14.9 Å². The van der Waals surface area contributed by atoms with Gasteiger partial charge in [0.1, 0.15) is 11.6 Å². The maximum Gasteiger partial charge on any atom is 0.416 e. The number of rotatable bonds is 4. The zero-order chi connectivity index (χ0) is 19.0. The molecule has 142 valence electrons. The number of imidazole rings is 1. The molecule has 0 unspecified atom stereocenters. The average molecular weight is 375 g/mol. The van der Waals surface area contributed by atoms with E-state index in [4.69, 9.17) is 4.74 Å². The molecule has 27 heavy (non-hydrogen) atoms. The fourth-order valence-corrected chi connectivity index (χ4v) is 3.59. The summed E-state index contributed by atoms with van der Waals surface area (Å²) >= 11 is 0. The van der Waals surface area contributed by atoms with Crippen molar-refractivity contribution in [2.75, 3.05) is 20.2 Å². The van der Waals surface area contributed by atoms with Crippen LogP contribution in [0.25, 0.3) is 11.0 Å². The summed E-state index contributed by atoms with van der Waals surface area (Å²) in [5, 5.41) is 0. The van der Waals surface area contributed by atoms with Gasteiger partial charge in [-0.05, 0) is 42.8 Å². The van der Waals surface area contributed by atoms with Gasteiger partial charge in [0.15, 0.2) is 0 Å². The summed E-state index contributed by atoms with van der Waals surface area (Å²) in [5.74, 6) is 2.03. The van der Waals surface area contributed by atoms with Crippen molar-refractivity contribution < 1.29 is 17.9 Å². The van der Waals surface area contributed by atoms with Crippen molar-refractivity contribution >= 4 is 11.0 Å². The van der Waals surface area contributed by atoms with Gasteiger partial charge < -0.3 is 9.72 Å². The number of nitrogens with one attached hydrogen (secondary N) is 1. The number of fused-ring (bicyclic) bond motifs is 1. The Balaban J connectivity index is 1.43. The van der Waals surface area contributed by atoms with Gasteiger partial charge >= 0.3 is 6.18 Å². The molecular weight excluding hydrogens is 355 g/mol. The second-order valence-corrected chi connectivity index (χ2v) is 6.92. The summed E-state index contributed by atoms with van der Waals surface area (Å²) in [6.45, 7) is 2.37. The van der Waals surface area contributed by atoms with E-state index >= 15 is 0 Å². The van der Waals surface area contributed by atoms with Gasteiger partial charge in [0, 0.05) is 25.1 Å². The number of hydrogen-bond acceptors (Lipinski definition) is 3. The van der Waals surface area contributed by atoms with Crippen molar-refractivity contribution in [2.24, 2.45) is 0 Å². The molecule has 1 aliphatic rings. The molecular formula is C20H20F3N3O. The van der Waals surface area contributed by atoms with Gasteiger partial charge in [-0.3, -0.25) is 4.90 Å². The first-order valence-electron chi connectivity index (χ1n) is 8.84. The molecule has 1 fully saturated rings. The van der Waals surface area contributed by atoms with Crippen molar-refractivity contribution in [3.8, 4) is 5.75 Å². The summed E-state index contributed by atoms with van der Waals surface area (Å²) in [6, 6.07) is 11.2. The van der Waals surface area contributed by atoms with Gasteiger partial charge in [-0.15, -0.1) is 0 Å². The second-order valence-electron chi connectivity index (χ2n) is 6.92. The van der Waals surface area contributed by atoms with Crippen LogP contribution in [0.3, 0.4) is 0 Å². The number of methoxy groups -OCH3 is 1. The van der Waals surface area contributed by atoms with Crippen molar-refractivity contribution in [3.05, 3.63) is 59.4 Å². The fraction of sp³-hybridized carbons (Fsp3) is 0.350. The topological polar surface area (TPSA) is 41.1 Å². The number of ether oxygens (including phenoxy) is 1. The Kier molecular flexibility index (Phi) is 4.55. The summed E-state index contributed by atoms with van der Waals surface area (Å²) in [7, 11) is 1.63. The Bertz CT molecular complexity index is 934. The highest BCUT2D eigenvalue weighted by Crippen LogP contribution is 2.31. The number of aromatic amines is 1. The highest BCUT2D eigenvalue weighted by atomic mass is 19.4. The Labute approximate surface area is 155 Å². The first-order valence-corrected chi connectivity index (χ1v) is 8.84. The molecule has 0 saturated carbocycles. The summed E-state index contributed by atoms with van der Waals surface area (Å²) in [6.07, 6.45) is -3.32. The fourth-order valence-electron chi connectivity index (χ4n) is 3.59. The third-order valence-electron chi connectivity index (χ3n) is 5.05. The van der Waals surface area contributed by atoms with Crippen LogP contribution < -0.4 is 4.74 Å². The molecule has 0 radical (unpaired) electrons. The highest BCUT2D eigenvalue weighted by Gasteiger charge is 2.30. The molecule has 1 N–H and O–H groups in total. The Hall–Kier alpha value is -2.54. The van der Waals surface area contributed by atoms with Gasteiger partial charge in [-0.2, -0.15) is 13.2 Å². The normalized spacial score (nSPS) is 18.3. The molecule has 1 aliphatic heterocycles. The molecule has 2 aromatic carbocycles. The van der Waals surface area contributed by atoms with E-state index in [-0.39, 0.29) is 5.92 Å². The van der Waals surface area contributed by atoms with Gasteiger partial charge in [0.05, 0.1) is 23.7 Å². The predicted molar refractivity (Wildman–Crippen MR) is 96.7 cm³/mol. The van der Waals surface area contributed by atoms with E-state index in [2.05, 4.69) is 14.9 Å². The molecule has 7 heteroatoms. The van der Waals surface area contributed by atoms with Crippen LogP contribution in [0.4, 0.5) is 13.2 Å². The number of alkyl halides is 3. The van der Waals surface area contributed by atoms with Crippen LogP contribution in [0.1, 0.15) is 29.3 Å². The largest absolute Gasteiger partial charge is 0.497 e. The number of likely N-dealkylation sites (tertiary alicyclic amines) is 1. The number of aromatic nitrogens is 2. The monoisotopic (exact) mass is 375 g/mol. The first-order chi connectivity index (χ1) is 12.9. The molecule has 1 saturated heterocycles. The zero-order valence-corrected chi connectivity index (χ0v) is 14.9. The highest BCUT2D eigenvalue weighted by molar-refractivity contribution is 5.76. The maximum absolute atomic E-state index is 12.7. The lowest BCUT2D eigenvalue weighted by Gasteiger charge is -2.16. The number of halogens is 3. The van der Waals surface area contributed by atoms with E-state index in [0.717, 1.165) is 59.8 Å². The van der Waals surface area contributed by atoms with Crippen molar-refractivity contribution in [2.45, 2.75) is 25.1 Å². The smallest absolute Gasteiger partial charge is 0.416 e. The minimum Gasteiger partial charge on any atom is -0.497 e. The van der Waals surface area contributed by atoms with Crippen LogP contribution in [0.5, 0.6) is 5.75 Å². The molecule has 1 aromatic heterocycles. The zero-order valence-electron chi connectivity index (χ0n) is 14.9. The summed E-state index contributed by atoms with van der Waals surface area (Å²) in [5.41, 5.74) is 2.14. The Morgan fingerprint density at radius 2 is 1.96 bits per heavy atom. The third kappa shape index (κ3) is 3.78. The predicted octanol–water partition coefficient (Wildman–Crippen LogP) is 4.58. The van der Waals surface area contributed by atoms with Gasteiger partial charge in [0.2, 0.25) is 0 Å². The molecule has 0 aliphatic carbocycles. The minimum atomic E-state index is -4.29. The maximum atomic E-state index is 12.7. The van der Waals surface area contributed by atoms with Crippen LogP contribution in [0.15, 0.2) is 42.5 Å². The van der Waals surface area contributed by atoms with E-state index in [1.807, 2.05) is 18.2 Å². The number of hydrogen-bond donors (Lipinski definition) is 1. The molecule has 4 rings (SSSR count). The summed E-state index contributed by atoms with van der Waals surface area (Å²) < 4.78 is 43.3. The molecule has 4 nitrogen and oxygen atoms in total. The molecule has 2 heterocycles. The molecule has 0 spiro atoms. The quantitative estimate of drug-likeness (QED) is 0.726. The Morgan fingerprint density at radius 1 is 1.19 bits per heavy atom. The van der Waals surface area contributed by atoms with E-state index < -0.39 is 11.7 Å². The number of nitrogens with zero attached hydrogens (tertiary/aromatic N) is 2. The van der Waals surface area contributed by atoms with Crippen LogP contribution in [-0.4, -0.2) is 35.1 Å². The van der Waals surface area contributed by atoms with E-state index in [0.29, 0.717) is 6.54 Å². The van der Waals surface area contributed by atoms with E-state index in [1.165, 1.54) is 0 Å². The standard InChI is InChI=1S/C20H20F3N3O/c1-27-16-6-7-17-18(10-16)25-19(24-17)14-8-9-26(12-14)11-13-2-4-15(5-3-13)20(21,22)23/h2-7,10,14H,8-9,11-12H2,1H3,(H,24,25)/t14-/m0/s1. The van der Waals surface area contributed by atoms with E-state index in [9.17, 15) is 13.2 Å². The lowest BCUT2D eigenvalue weighted by atomic mass is 10.1. The summed E-state index contributed by atoms with van der Waals surface area (Å²) in [4.78, 5) is 10.3. The molecule has 3 aromatic rings. The molecule has 0 amide bonds. The SMILES string of the molecule is COc1ccc2nc([C@H]3CCN(Cc4ccc(C(F)(F)F)cc4)C3)[nH]c2c1. The van der Waals surface area contributed by atoms with Gasteiger partial charge in [-0.25, -0.2) is 4.98 Å². The second kappa shape index (κ2) is 6.88. The lowest BCUT2D eigenvalue weighted by molar-refractivity contribution is -0.137. The van der Waals surface area contributed by atoms with Gasteiger partial charge in [0.25, 0.3) is 0 Å². The third-order valence-corrected chi connectivity index (χ3v) is 5.05. The average Bonchev–Trinajstić information content (AvgIpc) is 3.27. The van der Waals surface area contributed by atoms with E-state index in [1.54, 1.807) is 19.2 Å². The molecule has 1 atom stereocenters. The number of H-pyrrole nitrogens is 1. The van der Waals surface area contributed by atoms with Crippen LogP contribution >= 0.6 is 0 Å². The van der Waals surface area contributed by atoms with Gasteiger partial charge in [-0.1, -0.05) is 12.1 Å². The van der Waals surface area contributed by atoms with Crippen LogP contribution in [0, 0.1) is 0 Å². The minimum absolute atomic E-state index is 0.290. The van der Waals surface area contributed by atoms with Crippen molar-refractivity contribution in [3.63, 3.8) is 0 Å². The first kappa shape index (κ1) is 17.9. The number of benzene rings is 2. The van der Waals surface area contributed by atoms with Crippen molar-refractivity contribution in [1.29, 1.82) is 0 Å². The Morgan fingerprint density at radius 3 is 2.67 bits per heavy atom. The van der Waals surface area contributed by atoms with Crippen LogP contribution in [0.2, 0.25) is 0 Å².